The van der Waals surface area contributed by atoms with E-state index in [0.717, 1.165) is 28.6 Å². The molecule has 124 valence electrons. The number of furan rings is 1. The zero-order valence-electron chi connectivity index (χ0n) is 12.5. The SMILES string of the molecule is Cc1ccc(-c2nc(CC(=O)NCCC(C)N)cs2)o1.Cl.Cl. The summed E-state index contributed by atoms with van der Waals surface area (Å²) in [4.78, 5) is 16.1. The zero-order valence-corrected chi connectivity index (χ0v) is 14.9. The van der Waals surface area contributed by atoms with Gasteiger partial charge < -0.3 is 15.5 Å². The molecule has 1 amide bonds. The number of nitrogens with two attached hydrogens (primary N) is 1. The number of aromatic nitrogens is 1. The molecule has 0 aliphatic heterocycles. The van der Waals surface area contributed by atoms with Crippen LogP contribution < -0.4 is 11.1 Å². The lowest BCUT2D eigenvalue weighted by atomic mass is 10.2. The Morgan fingerprint density at radius 2 is 2.18 bits per heavy atom. The van der Waals surface area contributed by atoms with Crippen LogP contribution in [0.4, 0.5) is 0 Å². The molecule has 0 saturated carbocycles. The first-order chi connectivity index (χ1) is 9.54. The molecule has 0 saturated heterocycles. The standard InChI is InChI=1S/C14H19N3O2S.2ClH/c1-9(15)5-6-16-13(18)7-11-8-20-14(17-11)12-4-3-10(2)19-12;;/h3-4,8-9H,5-7,15H2,1-2H3,(H,16,18);2*1H. The monoisotopic (exact) mass is 365 g/mol. The van der Waals surface area contributed by atoms with Crippen LogP contribution in [0.25, 0.3) is 10.8 Å². The lowest BCUT2D eigenvalue weighted by Gasteiger charge is -2.06. The molecule has 3 N–H and O–H groups in total. The zero-order chi connectivity index (χ0) is 14.5. The maximum Gasteiger partial charge on any atom is 0.226 e. The van der Waals surface area contributed by atoms with Crippen molar-refractivity contribution < 1.29 is 9.21 Å². The summed E-state index contributed by atoms with van der Waals surface area (Å²) in [6, 6.07) is 3.89. The van der Waals surface area contributed by atoms with E-state index in [9.17, 15) is 4.79 Å². The van der Waals surface area contributed by atoms with E-state index in [2.05, 4.69) is 10.3 Å². The number of hydrogen-bond acceptors (Lipinski definition) is 5. The van der Waals surface area contributed by atoms with E-state index in [1.807, 2.05) is 31.4 Å². The van der Waals surface area contributed by atoms with Crippen molar-refractivity contribution in [2.24, 2.45) is 5.73 Å². The van der Waals surface area contributed by atoms with Crippen molar-refractivity contribution in [3.05, 3.63) is 29.0 Å². The summed E-state index contributed by atoms with van der Waals surface area (Å²) < 4.78 is 5.51. The van der Waals surface area contributed by atoms with Crippen molar-refractivity contribution in [2.75, 3.05) is 6.54 Å². The van der Waals surface area contributed by atoms with Gasteiger partial charge >= 0.3 is 0 Å². The van der Waals surface area contributed by atoms with Gasteiger partial charge in [-0.25, -0.2) is 4.98 Å². The quantitative estimate of drug-likeness (QED) is 0.824. The third kappa shape index (κ3) is 6.36. The van der Waals surface area contributed by atoms with Gasteiger partial charge in [-0.1, -0.05) is 0 Å². The number of halogens is 2. The third-order valence-corrected chi connectivity index (χ3v) is 3.67. The fraction of sp³-hybridized carbons (Fsp3) is 0.429. The van der Waals surface area contributed by atoms with Gasteiger partial charge in [0, 0.05) is 18.0 Å². The van der Waals surface area contributed by atoms with Crippen LogP contribution in [-0.2, 0) is 11.2 Å². The van der Waals surface area contributed by atoms with E-state index in [0.29, 0.717) is 6.54 Å². The molecular weight excluding hydrogens is 345 g/mol. The van der Waals surface area contributed by atoms with Crippen molar-refractivity contribution in [3.63, 3.8) is 0 Å². The summed E-state index contributed by atoms with van der Waals surface area (Å²) in [6.45, 7) is 4.42. The second kappa shape index (κ2) is 9.84. The average Bonchev–Trinajstić information content (AvgIpc) is 2.97. The summed E-state index contributed by atoms with van der Waals surface area (Å²) >= 11 is 1.48. The van der Waals surface area contributed by atoms with Gasteiger partial charge in [0.05, 0.1) is 12.1 Å². The number of thiazole rings is 1. The molecule has 0 spiro atoms. The number of hydrogen-bond donors (Lipinski definition) is 2. The van der Waals surface area contributed by atoms with Crippen LogP contribution in [0, 0.1) is 6.92 Å². The molecule has 0 aliphatic carbocycles. The molecule has 2 heterocycles. The lowest BCUT2D eigenvalue weighted by Crippen LogP contribution is -2.30. The predicted molar refractivity (Wildman–Crippen MR) is 94.0 cm³/mol. The topological polar surface area (TPSA) is 81.2 Å². The molecule has 1 atom stereocenters. The Bertz CT molecular complexity index is 584. The van der Waals surface area contributed by atoms with Crippen molar-refractivity contribution in [1.29, 1.82) is 0 Å². The van der Waals surface area contributed by atoms with Gasteiger partial charge in [-0.15, -0.1) is 36.2 Å². The Morgan fingerprint density at radius 3 is 2.77 bits per heavy atom. The van der Waals surface area contributed by atoms with E-state index in [-0.39, 0.29) is 43.2 Å². The van der Waals surface area contributed by atoms with E-state index in [1.165, 1.54) is 11.3 Å². The van der Waals surface area contributed by atoms with E-state index in [4.69, 9.17) is 10.2 Å². The van der Waals surface area contributed by atoms with Crippen LogP contribution in [-0.4, -0.2) is 23.5 Å². The largest absolute Gasteiger partial charge is 0.459 e. The summed E-state index contributed by atoms with van der Waals surface area (Å²) in [5.41, 5.74) is 6.39. The highest BCUT2D eigenvalue weighted by Crippen LogP contribution is 2.25. The van der Waals surface area contributed by atoms with Gasteiger partial charge in [0.1, 0.15) is 5.76 Å². The van der Waals surface area contributed by atoms with Gasteiger partial charge in [-0.3, -0.25) is 4.79 Å². The van der Waals surface area contributed by atoms with E-state index >= 15 is 0 Å². The molecule has 0 fully saturated rings. The smallest absolute Gasteiger partial charge is 0.226 e. The molecule has 0 radical (unpaired) electrons. The summed E-state index contributed by atoms with van der Waals surface area (Å²) in [5.74, 6) is 1.57. The van der Waals surface area contributed by atoms with Crippen LogP contribution in [0.5, 0.6) is 0 Å². The summed E-state index contributed by atoms with van der Waals surface area (Å²) in [6.07, 6.45) is 1.06. The van der Waals surface area contributed by atoms with Gasteiger partial charge in [-0.05, 0) is 32.4 Å². The minimum absolute atomic E-state index is 0. The first-order valence-electron chi connectivity index (χ1n) is 6.58. The highest BCUT2D eigenvalue weighted by atomic mass is 35.5. The van der Waals surface area contributed by atoms with Crippen LogP contribution in [0.15, 0.2) is 21.9 Å². The van der Waals surface area contributed by atoms with E-state index in [1.54, 1.807) is 0 Å². The van der Waals surface area contributed by atoms with Gasteiger partial charge in [0.15, 0.2) is 10.8 Å². The maximum atomic E-state index is 11.7. The number of carbonyl (C=O) groups excluding carboxylic acids is 1. The summed E-state index contributed by atoms with van der Waals surface area (Å²) in [7, 11) is 0. The Balaban J connectivity index is 0.00000220. The second-order valence-electron chi connectivity index (χ2n) is 4.85. The molecule has 1 unspecified atom stereocenters. The van der Waals surface area contributed by atoms with E-state index < -0.39 is 0 Å². The average molecular weight is 366 g/mol. The minimum atomic E-state index is -0.0295. The van der Waals surface area contributed by atoms with Crippen LogP contribution in [0.3, 0.4) is 0 Å². The first-order valence-corrected chi connectivity index (χ1v) is 7.46. The minimum Gasteiger partial charge on any atom is -0.459 e. The molecule has 2 aromatic rings. The molecule has 0 bridgehead atoms. The molecule has 2 aromatic heterocycles. The highest BCUT2D eigenvalue weighted by molar-refractivity contribution is 7.13. The van der Waals surface area contributed by atoms with Crippen molar-refractivity contribution in [1.82, 2.24) is 10.3 Å². The first kappa shape index (κ1) is 20.9. The van der Waals surface area contributed by atoms with Gasteiger partial charge in [-0.2, -0.15) is 0 Å². The molecule has 5 nitrogen and oxygen atoms in total. The highest BCUT2D eigenvalue weighted by Gasteiger charge is 2.11. The lowest BCUT2D eigenvalue weighted by molar-refractivity contribution is -0.120. The number of carbonyl (C=O) groups is 1. The fourth-order valence-electron chi connectivity index (χ4n) is 1.72. The number of nitrogens with one attached hydrogen (secondary N) is 1. The third-order valence-electron chi connectivity index (χ3n) is 2.77. The van der Waals surface area contributed by atoms with Crippen molar-refractivity contribution in [2.45, 2.75) is 32.7 Å². The van der Waals surface area contributed by atoms with Crippen molar-refractivity contribution >= 4 is 42.1 Å². The maximum absolute atomic E-state index is 11.7. The normalized spacial score (nSPS) is 11.2. The molecule has 2 rings (SSSR count). The predicted octanol–water partition coefficient (Wildman–Crippen LogP) is 2.95. The van der Waals surface area contributed by atoms with Crippen LogP contribution in [0.1, 0.15) is 24.8 Å². The number of rotatable bonds is 6. The molecule has 22 heavy (non-hydrogen) atoms. The Hall–Kier alpha value is -1.08. The van der Waals surface area contributed by atoms with Gasteiger partial charge in [0.25, 0.3) is 0 Å². The Labute approximate surface area is 146 Å². The number of aryl methyl sites for hydroxylation is 1. The van der Waals surface area contributed by atoms with Gasteiger partial charge in [0.2, 0.25) is 5.91 Å². The molecule has 0 aliphatic rings. The molecular formula is C14H21Cl2N3O2S. The summed E-state index contributed by atoms with van der Waals surface area (Å²) in [5, 5.41) is 5.53. The Morgan fingerprint density at radius 1 is 1.45 bits per heavy atom. The van der Waals surface area contributed by atoms with Crippen LogP contribution in [0.2, 0.25) is 0 Å². The molecule has 8 heteroatoms. The van der Waals surface area contributed by atoms with Crippen molar-refractivity contribution in [3.8, 4) is 10.8 Å². The van der Waals surface area contributed by atoms with Crippen LogP contribution >= 0.6 is 36.2 Å². The second-order valence-corrected chi connectivity index (χ2v) is 5.71. The number of amides is 1. The fourth-order valence-corrected chi connectivity index (χ4v) is 2.50. The number of nitrogens with zero attached hydrogens (tertiary/aromatic N) is 1. The Kier molecular flexibility index (Phi) is 9.36. The molecule has 0 aromatic carbocycles.